The number of amides is 1. The van der Waals surface area contributed by atoms with Gasteiger partial charge in [0.05, 0.1) is 22.6 Å². The molecular formula is C21H18BrClN2O4. The van der Waals surface area contributed by atoms with E-state index in [1.54, 1.807) is 6.07 Å². The number of nitriles is 1. The maximum absolute atomic E-state index is 12.5. The number of carbonyl (C=O) groups is 2. The molecule has 1 N–H and O–H groups in total. The molecule has 0 radical (unpaired) electrons. The van der Waals surface area contributed by atoms with Crippen LogP contribution in [0.15, 0.2) is 52.5 Å². The lowest BCUT2D eigenvalue weighted by atomic mass is 10.1. The van der Waals surface area contributed by atoms with E-state index in [2.05, 4.69) is 26.0 Å². The lowest BCUT2D eigenvalue weighted by molar-refractivity contribution is -0.142. The highest BCUT2D eigenvalue weighted by atomic mass is 79.9. The smallest absolute Gasteiger partial charge is 0.343 e. The molecule has 8 heteroatoms. The van der Waals surface area contributed by atoms with Crippen molar-refractivity contribution in [1.29, 1.82) is 5.26 Å². The van der Waals surface area contributed by atoms with Crippen molar-refractivity contribution in [3.63, 3.8) is 0 Å². The predicted molar refractivity (Wildman–Crippen MR) is 113 cm³/mol. The number of hydrogen-bond donors (Lipinski definition) is 1. The Morgan fingerprint density at radius 3 is 2.59 bits per heavy atom. The van der Waals surface area contributed by atoms with Crippen molar-refractivity contribution in [1.82, 2.24) is 5.32 Å². The van der Waals surface area contributed by atoms with Gasteiger partial charge in [0.1, 0.15) is 11.6 Å². The molecule has 0 aliphatic heterocycles. The minimum Gasteiger partial charge on any atom is -0.479 e. The quantitative estimate of drug-likeness (QED) is 0.362. The number of nitrogens with zero attached hydrogens (tertiary/aromatic N) is 1. The summed E-state index contributed by atoms with van der Waals surface area (Å²) in [5, 5.41) is 12.4. The standard InChI is InChI=1S/C21H18BrClN2O4/c1-13(15-6-4-3-5-7-15)25-21(27)16(11-24)8-14-9-17(22)20(18(23)10-14)29-12-19(26)28-2/h3-10,13H,12H2,1-2H3,(H,25,27)/b16-8-/t13-/m0/s1. The van der Waals surface area contributed by atoms with Gasteiger partial charge in [-0.25, -0.2) is 4.79 Å². The van der Waals surface area contributed by atoms with Crippen molar-refractivity contribution >= 4 is 45.5 Å². The second kappa shape index (κ2) is 10.6. The lowest BCUT2D eigenvalue weighted by Gasteiger charge is -2.14. The summed E-state index contributed by atoms with van der Waals surface area (Å²) in [5.41, 5.74) is 1.38. The van der Waals surface area contributed by atoms with E-state index in [4.69, 9.17) is 16.3 Å². The molecule has 29 heavy (non-hydrogen) atoms. The largest absolute Gasteiger partial charge is 0.479 e. The van der Waals surface area contributed by atoms with E-state index in [1.807, 2.05) is 43.3 Å². The topological polar surface area (TPSA) is 88.4 Å². The normalized spacial score (nSPS) is 11.9. The first kappa shape index (κ1) is 22.5. The molecule has 1 atom stereocenters. The first-order valence-electron chi connectivity index (χ1n) is 8.52. The number of methoxy groups -OCH3 is 1. The van der Waals surface area contributed by atoms with E-state index in [-0.39, 0.29) is 29.0 Å². The third-order valence-electron chi connectivity index (χ3n) is 3.91. The molecular weight excluding hydrogens is 460 g/mol. The second-order valence-corrected chi connectivity index (χ2v) is 7.22. The minimum atomic E-state index is -0.548. The van der Waals surface area contributed by atoms with E-state index in [9.17, 15) is 14.9 Å². The number of carbonyl (C=O) groups excluding carboxylic acids is 2. The van der Waals surface area contributed by atoms with Gasteiger partial charge in [0.25, 0.3) is 5.91 Å². The zero-order chi connectivity index (χ0) is 21.4. The van der Waals surface area contributed by atoms with E-state index in [0.29, 0.717) is 10.0 Å². The number of hydrogen-bond acceptors (Lipinski definition) is 5. The number of ether oxygens (including phenoxy) is 2. The van der Waals surface area contributed by atoms with Crippen LogP contribution >= 0.6 is 27.5 Å². The van der Waals surface area contributed by atoms with Crippen molar-refractivity contribution in [2.24, 2.45) is 0 Å². The van der Waals surface area contributed by atoms with Gasteiger partial charge >= 0.3 is 5.97 Å². The van der Waals surface area contributed by atoms with Crippen LogP contribution in [0.5, 0.6) is 5.75 Å². The molecule has 0 saturated carbocycles. The summed E-state index contributed by atoms with van der Waals surface area (Å²) in [5.74, 6) is -0.787. The molecule has 0 aliphatic rings. The average molecular weight is 478 g/mol. The van der Waals surface area contributed by atoms with Crippen LogP contribution in [-0.2, 0) is 14.3 Å². The number of benzene rings is 2. The molecule has 2 aromatic carbocycles. The van der Waals surface area contributed by atoms with Gasteiger partial charge in [-0.05, 0) is 52.2 Å². The highest BCUT2D eigenvalue weighted by Crippen LogP contribution is 2.35. The Morgan fingerprint density at radius 1 is 1.31 bits per heavy atom. The Kier molecular flexibility index (Phi) is 8.25. The zero-order valence-electron chi connectivity index (χ0n) is 15.7. The van der Waals surface area contributed by atoms with Crippen LogP contribution < -0.4 is 10.1 Å². The van der Waals surface area contributed by atoms with Crippen LogP contribution in [0.25, 0.3) is 6.08 Å². The van der Waals surface area contributed by atoms with Crippen molar-refractivity contribution in [3.05, 3.63) is 68.7 Å². The molecule has 2 aromatic rings. The number of esters is 1. The maximum atomic E-state index is 12.5. The van der Waals surface area contributed by atoms with E-state index in [0.717, 1.165) is 5.56 Å². The molecule has 0 spiro atoms. The Balaban J connectivity index is 2.18. The van der Waals surface area contributed by atoms with Crippen LogP contribution in [0.3, 0.4) is 0 Å². The molecule has 0 unspecified atom stereocenters. The van der Waals surface area contributed by atoms with Crippen molar-refractivity contribution in [2.45, 2.75) is 13.0 Å². The maximum Gasteiger partial charge on any atom is 0.343 e. The zero-order valence-corrected chi connectivity index (χ0v) is 18.1. The fraction of sp³-hybridized carbons (Fsp3) is 0.190. The highest BCUT2D eigenvalue weighted by Gasteiger charge is 2.15. The van der Waals surface area contributed by atoms with Gasteiger partial charge in [-0.15, -0.1) is 0 Å². The average Bonchev–Trinajstić information content (AvgIpc) is 2.71. The van der Waals surface area contributed by atoms with Crippen molar-refractivity contribution in [3.8, 4) is 11.8 Å². The minimum absolute atomic E-state index is 0.0704. The molecule has 1 amide bonds. The summed E-state index contributed by atoms with van der Waals surface area (Å²) in [6, 6.07) is 14.2. The highest BCUT2D eigenvalue weighted by molar-refractivity contribution is 9.10. The summed E-state index contributed by atoms with van der Waals surface area (Å²) >= 11 is 9.53. The monoisotopic (exact) mass is 476 g/mol. The first-order chi connectivity index (χ1) is 13.8. The molecule has 0 aromatic heterocycles. The number of halogens is 2. The van der Waals surface area contributed by atoms with Crippen molar-refractivity contribution < 1.29 is 19.1 Å². The Hall–Kier alpha value is -2.82. The Labute approximate surface area is 182 Å². The van der Waals surface area contributed by atoms with Gasteiger partial charge in [-0.1, -0.05) is 41.9 Å². The summed E-state index contributed by atoms with van der Waals surface area (Å²) in [6.45, 7) is 1.54. The van der Waals surface area contributed by atoms with E-state index < -0.39 is 11.9 Å². The fourth-order valence-electron chi connectivity index (χ4n) is 2.41. The summed E-state index contributed by atoms with van der Waals surface area (Å²) in [7, 11) is 1.25. The van der Waals surface area contributed by atoms with Gasteiger partial charge in [0.2, 0.25) is 0 Å². The van der Waals surface area contributed by atoms with Gasteiger partial charge in [0, 0.05) is 0 Å². The molecule has 6 nitrogen and oxygen atoms in total. The number of rotatable bonds is 7. The second-order valence-electron chi connectivity index (χ2n) is 5.95. The number of nitrogens with one attached hydrogen (secondary N) is 1. The van der Waals surface area contributed by atoms with Crippen LogP contribution in [0.4, 0.5) is 0 Å². The van der Waals surface area contributed by atoms with Crippen LogP contribution in [-0.4, -0.2) is 25.6 Å². The van der Waals surface area contributed by atoms with Crippen LogP contribution in [0, 0.1) is 11.3 Å². The summed E-state index contributed by atoms with van der Waals surface area (Å²) < 4.78 is 10.3. The molecule has 2 rings (SSSR count). The molecule has 0 saturated heterocycles. The van der Waals surface area contributed by atoms with Crippen LogP contribution in [0.2, 0.25) is 5.02 Å². The Bertz CT molecular complexity index is 947. The van der Waals surface area contributed by atoms with E-state index >= 15 is 0 Å². The van der Waals surface area contributed by atoms with E-state index in [1.165, 1.54) is 19.3 Å². The third kappa shape index (κ3) is 6.34. The SMILES string of the molecule is COC(=O)COc1c(Cl)cc(/C=C(/C#N)C(=O)N[C@@H](C)c2ccccc2)cc1Br. The van der Waals surface area contributed by atoms with Gasteiger partial charge < -0.3 is 14.8 Å². The Morgan fingerprint density at radius 2 is 2.00 bits per heavy atom. The van der Waals surface area contributed by atoms with Crippen molar-refractivity contribution in [2.75, 3.05) is 13.7 Å². The van der Waals surface area contributed by atoms with Gasteiger partial charge in [-0.3, -0.25) is 4.79 Å². The molecule has 0 fully saturated rings. The molecule has 0 aliphatic carbocycles. The lowest BCUT2D eigenvalue weighted by Crippen LogP contribution is -2.27. The molecule has 0 bridgehead atoms. The first-order valence-corrected chi connectivity index (χ1v) is 9.69. The fourth-order valence-corrected chi connectivity index (χ4v) is 3.39. The van der Waals surface area contributed by atoms with Crippen LogP contribution in [0.1, 0.15) is 24.1 Å². The third-order valence-corrected chi connectivity index (χ3v) is 4.78. The predicted octanol–water partition coefficient (Wildman–Crippen LogP) is 4.44. The summed E-state index contributed by atoms with van der Waals surface area (Å²) in [4.78, 5) is 23.7. The summed E-state index contributed by atoms with van der Waals surface area (Å²) in [6.07, 6.45) is 1.42. The molecule has 150 valence electrons. The van der Waals surface area contributed by atoms with Gasteiger partial charge in [-0.2, -0.15) is 5.26 Å². The van der Waals surface area contributed by atoms with Gasteiger partial charge in [0.15, 0.2) is 12.4 Å². The molecule has 0 heterocycles.